The molecule has 2 aromatic rings. The lowest BCUT2D eigenvalue weighted by Gasteiger charge is -2.28. The summed E-state index contributed by atoms with van der Waals surface area (Å²) >= 11 is 0. The SMILES string of the molecule is CC#CC(=O)N1CCC[C@H]1CN1C=C(N)N(c2ccc(Oc3ccccc3)cc2)C1. The number of nitrogens with two attached hydrogens (primary N) is 1. The number of carbonyl (C=O) groups is 1. The molecule has 1 saturated heterocycles. The Bertz CT molecular complexity index is 976. The van der Waals surface area contributed by atoms with Crippen molar-refractivity contribution < 1.29 is 9.53 Å². The summed E-state index contributed by atoms with van der Waals surface area (Å²) in [6.45, 7) is 3.88. The Morgan fingerprint density at radius 3 is 2.60 bits per heavy atom. The maximum atomic E-state index is 12.2. The summed E-state index contributed by atoms with van der Waals surface area (Å²) in [4.78, 5) is 18.3. The van der Waals surface area contributed by atoms with E-state index in [1.54, 1.807) is 6.92 Å². The molecule has 0 unspecified atom stereocenters. The van der Waals surface area contributed by atoms with Crippen LogP contribution in [0.25, 0.3) is 0 Å². The van der Waals surface area contributed by atoms with Gasteiger partial charge >= 0.3 is 0 Å². The number of hydrogen-bond acceptors (Lipinski definition) is 5. The van der Waals surface area contributed by atoms with Crippen LogP contribution < -0.4 is 15.4 Å². The molecule has 0 aliphatic carbocycles. The van der Waals surface area contributed by atoms with Gasteiger partial charge in [0.2, 0.25) is 0 Å². The van der Waals surface area contributed by atoms with Gasteiger partial charge in [-0.2, -0.15) is 0 Å². The van der Waals surface area contributed by atoms with Crippen molar-refractivity contribution in [3.63, 3.8) is 0 Å². The Morgan fingerprint density at radius 1 is 1.13 bits per heavy atom. The number of likely N-dealkylation sites (tertiary alicyclic amines) is 1. The first kappa shape index (κ1) is 19.7. The molecular formula is C24H26N4O2. The molecule has 4 rings (SSSR count). The number of anilines is 1. The van der Waals surface area contributed by atoms with Crippen LogP contribution in [0, 0.1) is 11.8 Å². The summed E-state index contributed by atoms with van der Waals surface area (Å²) < 4.78 is 5.86. The Labute approximate surface area is 177 Å². The summed E-state index contributed by atoms with van der Waals surface area (Å²) in [5.41, 5.74) is 7.29. The summed E-state index contributed by atoms with van der Waals surface area (Å²) in [7, 11) is 0. The Balaban J connectivity index is 1.38. The van der Waals surface area contributed by atoms with Crippen LogP contribution in [0.4, 0.5) is 5.69 Å². The number of hydrogen-bond donors (Lipinski definition) is 1. The summed E-state index contributed by atoms with van der Waals surface area (Å²) in [5.74, 6) is 7.57. The van der Waals surface area contributed by atoms with Crippen LogP contribution in [0.5, 0.6) is 11.5 Å². The predicted molar refractivity (Wildman–Crippen MR) is 117 cm³/mol. The van der Waals surface area contributed by atoms with E-state index in [-0.39, 0.29) is 11.9 Å². The van der Waals surface area contributed by atoms with Gasteiger partial charge in [-0.25, -0.2) is 0 Å². The minimum atomic E-state index is -0.0815. The van der Waals surface area contributed by atoms with E-state index >= 15 is 0 Å². The van der Waals surface area contributed by atoms with Gasteiger partial charge in [-0.1, -0.05) is 24.1 Å². The molecule has 154 valence electrons. The fourth-order valence-corrected chi connectivity index (χ4v) is 3.96. The standard InChI is InChI=1S/C24H26N4O2/c1-2-7-24(29)27-15-6-8-20(27)16-26-17-23(25)28(18-26)19-11-13-22(14-12-19)30-21-9-4-3-5-10-21/h3-5,9-14,17,20H,6,8,15-16,18,25H2,1H3/t20-/m0/s1. The second kappa shape index (κ2) is 8.83. The summed E-state index contributed by atoms with van der Waals surface area (Å²) in [6.07, 6.45) is 3.97. The van der Waals surface area contributed by atoms with Crippen LogP contribution in [-0.2, 0) is 4.79 Å². The Morgan fingerprint density at radius 2 is 1.87 bits per heavy atom. The smallest absolute Gasteiger partial charge is 0.298 e. The topological polar surface area (TPSA) is 62.0 Å². The fraction of sp³-hybridized carbons (Fsp3) is 0.292. The number of nitrogens with zero attached hydrogens (tertiary/aromatic N) is 3. The van der Waals surface area contributed by atoms with Crippen LogP contribution in [0.1, 0.15) is 19.8 Å². The third-order valence-electron chi connectivity index (χ3n) is 5.39. The van der Waals surface area contributed by atoms with E-state index in [9.17, 15) is 4.79 Å². The van der Waals surface area contributed by atoms with Crippen LogP contribution in [0.15, 0.2) is 66.6 Å². The Hall–Kier alpha value is -3.59. The first-order valence-corrected chi connectivity index (χ1v) is 10.2. The van der Waals surface area contributed by atoms with Gasteiger partial charge in [-0.15, -0.1) is 0 Å². The van der Waals surface area contributed by atoms with Crippen molar-refractivity contribution in [2.75, 3.05) is 24.7 Å². The third kappa shape index (κ3) is 4.36. The highest BCUT2D eigenvalue weighted by molar-refractivity contribution is 5.93. The number of para-hydroxylation sites is 1. The lowest BCUT2D eigenvalue weighted by atomic mass is 10.2. The molecule has 0 aromatic heterocycles. The van der Waals surface area contributed by atoms with Crippen molar-refractivity contribution in [2.24, 2.45) is 5.73 Å². The molecule has 2 heterocycles. The molecule has 30 heavy (non-hydrogen) atoms. The lowest BCUT2D eigenvalue weighted by molar-refractivity contribution is -0.126. The van der Waals surface area contributed by atoms with E-state index in [0.717, 1.165) is 43.1 Å². The van der Waals surface area contributed by atoms with Gasteiger partial charge in [0.1, 0.15) is 17.3 Å². The monoisotopic (exact) mass is 402 g/mol. The van der Waals surface area contributed by atoms with Gasteiger partial charge in [0.25, 0.3) is 5.91 Å². The van der Waals surface area contributed by atoms with Crippen molar-refractivity contribution in [1.29, 1.82) is 0 Å². The zero-order valence-electron chi connectivity index (χ0n) is 17.1. The molecule has 1 atom stereocenters. The van der Waals surface area contributed by atoms with Crippen LogP contribution in [0.2, 0.25) is 0 Å². The molecule has 6 heteroatoms. The van der Waals surface area contributed by atoms with Crippen molar-refractivity contribution >= 4 is 11.6 Å². The molecule has 0 bridgehead atoms. The summed E-state index contributed by atoms with van der Waals surface area (Å²) in [5, 5.41) is 0. The molecule has 2 aliphatic rings. The number of ether oxygens (including phenoxy) is 1. The first-order valence-electron chi connectivity index (χ1n) is 10.2. The molecule has 0 spiro atoms. The molecule has 2 N–H and O–H groups in total. The average Bonchev–Trinajstić information content (AvgIpc) is 3.36. The normalized spacial score (nSPS) is 18.1. The zero-order chi connectivity index (χ0) is 20.9. The highest BCUT2D eigenvalue weighted by Crippen LogP contribution is 2.28. The molecular weight excluding hydrogens is 376 g/mol. The maximum absolute atomic E-state index is 12.2. The Kier molecular flexibility index (Phi) is 5.80. The number of rotatable bonds is 5. The highest BCUT2D eigenvalue weighted by Gasteiger charge is 2.31. The van der Waals surface area contributed by atoms with Gasteiger partial charge in [-0.05, 0) is 62.1 Å². The van der Waals surface area contributed by atoms with E-state index in [2.05, 4.69) is 21.6 Å². The first-order chi connectivity index (χ1) is 14.6. The second-order valence-corrected chi connectivity index (χ2v) is 7.47. The van der Waals surface area contributed by atoms with Gasteiger partial charge in [0.15, 0.2) is 0 Å². The van der Waals surface area contributed by atoms with E-state index in [0.29, 0.717) is 12.5 Å². The van der Waals surface area contributed by atoms with Gasteiger partial charge in [0.05, 0.1) is 12.7 Å². The maximum Gasteiger partial charge on any atom is 0.298 e. The molecule has 6 nitrogen and oxygen atoms in total. The van der Waals surface area contributed by atoms with E-state index in [1.807, 2.05) is 65.7 Å². The van der Waals surface area contributed by atoms with E-state index in [4.69, 9.17) is 10.5 Å². The predicted octanol–water partition coefficient (Wildman–Crippen LogP) is 3.33. The minimum Gasteiger partial charge on any atom is -0.457 e. The third-order valence-corrected chi connectivity index (χ3v) is 5.39. The number of amides is 1. The van der Waals surface area contributed by atoms with Crippen molar-refractivity contribution in [3.05, 3.63) is 66.6 Å². The average molecular weight is 402 g/mol. The van der Waals surface area contributed by atoms with Gasteiger partial charge in [-0.3, -0.25) is 4.79 Å². The van der Waals surface area contributed by atoms with Gasteiger partial charge < -0.3 is 25.2 Å². The number of benzene rings is 2. The molecule has 0 radical (unpaired) electrons. The molecule has 1 fully saturated rings. The van der Waals surface area contributed by atoms with Crippen molar-refractivity contribution in [3.8, 4) is 23.3 Å². The quantitative estimate of drug-likeness (QED) is 0.778. The second-order valence-electron chi connectivity index (χ2n) is 7.47. The highest BCUT2D eigenvalue weighted by atomic mass is 16.5. The lowest BCUT2D eigenvalue weighted by Crippen LogP contribution is -2.42. The van der Waals surface area contributed by atoms with Crippen LogP contribution in [-0.4, -0.2) is 41.5 Å². The van der Waals surface area contributed by atoms with Crippen molar-refractivity contribution in [2.45, 2.75) is 25.8 Å². The van der Waals surface area contributed by atoms with E-state index < -0.39 is 0 Å². The van der Waals surface area contributed by atoms with Crippen LogP contribution in [0.3, 0.4) is 0 Å². The molecule has 2 aliphatic heterocycles. The van der Waals surface area contributed by atoms with Crippen molar-refractivity contribution in [1.82, 2.24) is 9.80 Å². The molecule has 0 saturated carbocycles. The zero-order valence-corrected chi connectivity index (χ0v) is 17.1. The minimum absolute atomic E-state index is 0.0815. The summed E-state index contributed by atoms with van der Waals surface area (Å²) in [6, 6.07) is 17.8. The molecule has 2 aromatic carbocycles. The van der Waals surface area contributed by atoms with E-state index in [1.165, 1.54) is 0 Å². The largest absolute Gasteiger partial charge is 0.457 e. The van der Waals surface area contributed by atoms with Gasteiger partial charge in [0, 0.05) is 25.0 Å². The molecule has 1 amide bonds. The number of carbonyl (C=O) groups excluding carboxylic acids is 1. The fourth-order valence-electron chi connectivity index (χ4n) is 3.96. The van der Waals surface area contributed by atoms with Crippen LogP contribution >= 0.6 is 0 Å².